The minimum atomic E-state index is 0.208. The normalized spacial score (nSPS) is 11.8. The van der Waals surface area contributed by atoms with Gasteiger partial charge in [-0.1, -0.05) is 122 Å². The van der Waals surface area contributed by atoms with Gasteiger partial charge in [-0.25, -0.2) is 9.97 Å². The average molecular weight is 623 g/mol. The third-order valence-electron chi connectivity index (χ3n) is 9.07. The lowest BCUT2D eigenvalue weighted by molar-refractivity contribution is 0.477. The number of aromatic nitrogens is 4. The molecule has 2 aromatic heterocycles. The summed E-state index contributed by atoms with van der Waals surface area (Å²) in [6.45, 7) is 17.9. The smallest absolute Gasteiger partial charge is 0.148 e. The first-order valence-corrected chi connectivity index (χ1v) is 16.8. The quantitative estimate of drug-likeness (QED) is 0.174. The van der Waals surface area contributed by atoms with Gasteiger partial charge in [0, 0.05) is 29.7 Å². The molecule has 4 aromatic carbocycles. The Morgan fingerprint density at radius 3 is 1.62 bits per heavy atom. The van der Waals surface area contributed by atoms with E-state index in [9.17, 15) is 5.11 Å². The van der Waals surface area contributed by atoms with Crippen LogP contribution >= 0.6 is 0 Å². The lowest BCUT2D eigenvalue weighted by Gasteiger charge is -2.22. The summed E-state index contributed by atoms with van der Waals surface area (Å²) < 4.78 is 4.44. The predicted octanol–water partition coefficient (Wildman–Crippen LogP) is 11.3. The van der Waals surface area contributed by atoms with E-state index in [1.807, 2.05) is 24.4 Å². The Balaban J connectivity index is 1.55. The van der Waals surface area contributed by atoms with Crippen LogP contribution in [0.15, 0.2) is 104 Å². The van der Waals surface area contributed by atoms with E-state index in [4.69, 9.17) is 9.97 Å². The Morgan fingerprint density at radius 1 is 0.553 bits per heavy atom. The van der Waals surface area contributed by atoms with Crippen LogP contribution in [0.5, 0.6) is 5.75 Å². The third-order valence-corrected chi connectivity index (χ3v) is 9.07. The number of para-hydroxylation sites is 3. The van der Waals surface area contributed by atoms with Crippen molar-refractivity contribution in [1.29, 1.82) is 0 Å². The van der Waals surface area contributed by atoms with Gasteiger partial charge in [0.2, 0.25) is 0 Å². The van der Waals surface area contributed by atoms with Gasteiger partial charge in [-0.3, -0.25) is 9.13 Å². The van der Waals surface area contributed by atoms with Gasteiger partial charge in [-0.2, -0.15) is 0 Å². The molecule has 0 fully saturated rings. The molecule has 6 rings (SSSR count). The molecule has 0 radical (unpaired) electrons. The van der Waals surface area contributed by atoms with Gasteiger partial charge in [-0.05, 0) is 64.1 Å². The SMILES string of the molecule is CC(C)c1cccc(C(C)C)c1-n1ccnc1-c1cccc(-c2cn(-c3c(C(C)C)cccc3C(C)C)c(-c3ccccc3O)n2)c1. The standard InChI is InChI=1S/C42H46N4O/c1-26(2)32-17-12-18-33(27(3)4)39(32)45-23-22-43-41(45)31-15-11-14-30(24-31)37-25-46(42(44-37)36-16-9-10-21-38(36)47)40-34(28(5)6)19-13-20-35(40)29(7)8/h9-29,47H,1-8H3. The highest BCUT2D eigenvalue weighted by Crippen LogP contribution is 2.39. The largest absolute Gasteiger partial charge is 0.507 e. The Labute approximate surface area is 279 Å². The van der Waals surface area contributed by atoms with Crippen LogP contribution in [0.3, 0.4) is 0 Å². The summed E-state index contributed by atoms with van der Waals surface area (Å²) in [5.74, 6) is 3.16. The molecule has 2 heterocycles. The number of aromatic hydroxyl groups is 1. The zero-order valence-corrected chi connectivity index (χ0v) is 28.9. The fraction of sp³-hybridized carbons (Fsp3) is 0.286. The molecule has 0 spiro atoms. The number of hydrogen-bond donors (Lipinski definition) is 1. The van der Waals surface area contributed by atoms with Gasteiger partial charge in [-0.15, -0.1) is 0 Å². The van der Waals surface area contributed by atoms with E-state index in [2.05, 4.69) is 138 Å². The second kappa shape index (κ2) is 13.1. The van der Waals surface area contributed by atoms with Crippen molar-refractivity contribution in [3.8, 4) is 51.2 Å². The molecular formula is C42H46N4O. The maximum Gasteiger partial charge on any atom is 0.148 e. The van der Waals surface area contributed by atoms with Gasteiger partial charge in [0.05, 0.1) is 22.6 Å². The first-order chi connectivity index (χ1) is 22.6. The van der Waals surface area contributed by atoms with E-state index in [1.165, 1.54) is 27.9 Å². The Kier molecular flexibility index (Phi) is 8.92. The molecule has 240 valence electrons. The first-order valence-electron chi connectivity index (χ1n) is 16.8. The molecule has 0 aliphatic heterocycles. The summed E-state index contributed by atoms with van der Waals surface area (Å²) in [7, 11) is 0. The van der Waals surface area contributed by atoms with E-state index < -0.39 is 0 Å². The minimum absolute atomic E-state index is 0.208. The van der Waals surface area contributed by atoms with Gasteiger partial charge < -0.3 is 5.11 Å². The maximum atomic E-state index is 11.0. The van der Waals surface area contributed by atoms with Gasteiger partial charge >= 0.3 is 0 Å². The zero-order chi connectivity index (χ0) is 33.4. The number of phenols is 1. The molecule has 6 aromatic rings. The number of imidazole rings is 2. The molecule has 0 atom stereocenters. The summed E-state index contributed by atoms with van der Waals surface area (Å²) in [6.07, 6.45) is 6.10. The first kappa shape index (κ1) is 32.1. The van der Waals surface area contributed by atoms with Crippen LogP contribution in [0.25, 0.3) is 45.4 Å². The molecule has 5 nitrogen and oxygen atoms in total. The van der Waals surface area contributed by atoms with Gasteiger partial charge in [0.1, 0.15) is 17.4 Å². The summed E-state index contributed by atoms with van der Waals surface area (Å²) in [6, 6.07) is 29.2. The fourth-order valence-corrected chi connectivity index (χ4v) is 6.64. The van der Waals surface area contributed by atoms with Crippen LogP contribution in [0.1, 0.15) is 101 Å². The molecule has 5 heteroatoms. The van der Waals surface area contributed by atoms with Crippen molar-refractivity contribution in [3.05, 3.63) is 126 Å². The van der Waals surface area contributed by atoms with Crippen LogP contribution in [-0.2, 0) is 0 Å². The van der Waals surface area contributed by atoms with E-state index >= 15 is 0 Å². The summed E-state index contributed by atoms with van der Waals surface area (Å²) in [5.41, 5.74) is 11.0. The van der Waals surface area contributed by atoms with Crippen LogP contribution in [0.2, 0.25) is 0 Å². The molecule has 0 saturated heterocycles. The molecule has 0 saturated carbocycles. The zero-order valence-electron chi connectivity index (χ0n) is 28.9. The number of benzene rings is 4. The minimum Gasteiger partial charge on any atom is -0.507 e. The monoisotopic (exact) mass is 622 g/mol. The highest BCUT2D eigenvalue weighted by atomic mass is 16.3. The van der Waals surface area contributed by atoms with E-state index in [0.717, 1.165) is 28.3 Å². The third kappa shape index (κ3) is 6.03. The molecular weight excluding hydrogens is 576 g/mol. The predicted molar refractivity (Wildman–Crippen MR) is 195 cm³/mol. The molecule has 0 bridgehead atoms. The topological polar surface area (TPSA) is 55.9 Å². The lowest BCUT2D eigenvalue weighted by atomic mass is 9.92. The van der Waals surface area contributed by atoms with Crippen molar-refractivity contribution >= 4 is 0 Å². The average Bonchev–Trinajstić information content (AvgIpc) is 3.72. The van der Waals surface area contributed by atoms with Gasteiger partial charge in [0.25, 0.3) is 0 Å². The highest BCUT2D eigenvalue weighted by molar-refractivity contribution is 5.75. The van der Waals surface area contributed by atoms with Gasteiger partial charge in [0.15, 0.2) is 0 Å². The molecule has 0 unspecified atom stereocenters. The van der Waals surface area contributed by atoms with Crippen molar-refractivity contribution in [2.45, 2.75) is 79.1 Å². The van der Waals surface area contributed by atoms with Crippen molar-refractivity contribution in [2.24, 2.45) is 0 Å². The van der Waals surface area contributed by atoms with Crippen LogP contribution < -0.4 is 0 Å². The highest BCUT2D eigenvalue weighted by Gasteiger charge is 2.23. The maximum absolute atomic E-state index is 11.0. The fourth-order valence-electron chi connectivity index (χ4n) is 6.64. The van der Waals surface area contributed by atoms with Crippen molar-refractivity contribution < 1.29 is 5.11 Å². The van der Waals surface area contributed by atoms with Crippen molar-refractivity contribution in [1.82, 2.24) is 19.1 Å². The van der Waals surface area contributed by atoms with E-state index in [0.29, 0.717) is 35.1 Å². The van der Waals surface area contributed by atoms with Crippen LogP contribution in [0.4, 0.5) is 0 Å². The number of hydrogen-bond acceptors (Lipinski definition) is 3. The lowest BCUT2D eigenvalue weighted by Crippen LogP contribution is -2.08. The second-order valence-corrected chi connectivity index (χ2v) is 13.7. The number of rotatable bonds is 9. The molecule has 47 heavy (non-hydrogen) atoms. The molecule has 0 aliphatic rings. The molecule has 0 amide bonds. The molecule has 0 aliphatic carbocycles. The number of phenolic OH excluding ortho intramolecular Hbond substituents is 1. The number of nitrogens with zero attached hydrogens (tertiary/aromatic N) is 4. The Bertz CT molecular complexity index is 1970. The summed E-state index contributed by atoms with van der Waals surface area (Å²) in [4.78, 5) is 10.1. The summed E-state index contributed by atoms with van der Waals surface area (Å²) >= 11 is 0. The van der Waals surface area contributed by atoms with E-state index in [-0.39, 0.29) is 5.75 Å². The van der Waals surface area contributed by atoms with Crippen LogP contribution in [0, 0.1) is 0 Å². The molecule has 1 N–H and O–H groups in total. The second-order valence-electron chi connectivity index (χ2n) is 13.7. The van der Waals surface area contributed by atoms with Crippen LogP contribution in [-0.4, -0.2) is 24.2 Å². The van der Waals surface area contributed by atoms with Crippen molar-refractivity contribution in [2.75, 3.05) is 0 Å². The van der Waals surface area contributed by atoms with E-state index in [1.54, 1.807) is 6.07 Å². The van der Waals surface area contributed by atoms with Crippen molar-refractivity contribution in [3.63, 3.8) is 0 Å². The summed E-state index contributed by atoms with van der Waals surface area (Å²) in [5, 5.41) is 11.0. The Hall–Kier alpha value is -4.90. The Morgan fingerprint density at radius 2 is 1.06 bits per heavy atom.